The molecule has 0 bridgehead atoms. The van der Waals surface area contributed by atoms with Gasteiger partial charge in [0.15, 0.2) is 0 Å². The summed E-state index contributed by atoms with van der Waals surface area (Å²) in [6, 6.07) is 0. The highest BCUT2D eigenvalue weighted by Crippen LogP contribution is 2.65. The van der Waals surface area contributed by atoms with Crippen LogP contribution < -0.4 is 0 Å². The molecule has 0 amide bonds. The summed E-state index contributed by atoms with van der Waals surface area (Å²) in [4.78, 5) is 23.7. The third kappa shape index (κ3) is 4.24. The monoisotopic (exact) mass is 430 g/mol. The van der Waals surface area contributed by atoms with Gasteiger partial charge in [0.05, 0.1) is 12.3 Å². The smallest absolute Gasteiger partial charge is 0.307 e. The molecule has 3 rings (SSSR count). The van der Waals surface area contributed by atoms with Gasteiger partial charge in [0.1, 0.15) is 0 Å². The molecule has 8 atom stereocenters. The van der Waals surface area contributed by atoms with Crippen LogP contribution in [0.15, 0.2) is 23.8 Å². The lowest BCUT2D eigenvalue weighted by Crippen LogP contribution is -2.50. The Kier molecular flexibility index (Phi) is 6.79. The van der Waals surface area contributed by atoms with Gasteiger partial charge >= 0.3 is 11.9 Å². The maximum absolute atomic E-state index is 12.0. The molecular weight excluding hydrogens is 388 g/mol. The number of carbonyl (C=O) groups is 2. The Hall–Kier alpha value is -1.58. The molecule has 0 spiro atoms. The molecule has 0 aromatic heterocycles. The first-order valence-electron chi connectivity index (χ1n) is 12.2. The zero-order valence-corrected chi connectivity index (χ0v) is 20.2. The minimum absolute atomic E-state index is 0.0644. The molecule has 0 aromatic rings. The van der Waals surface area contributed by atoms with Crippen LogP contribution in [0.2, 0.25) is 0 Å². The standard InChI is InChI=1S/C27H42O4/c1-16(2)17(3)7-8-18(4)20-11-12-21-19-9-10-23(25(30)31)27(6,15-24(28)29)22(19)13-14-26(20,21)5/h7-9,16-18,20-23H,10-15H2,1-6H3,(H,28,29)(H,30,31)/b8-7+/t17-,18+,20-,21+,22+,23+,26-,27+/m0/s1. The number of hydrogen-bond donors (Lipinski definition) is 2. The highest BCUT2D eigenvalue weighted by atomic mass is 16.4. The average Bonchev–Trinajstić information content (AvgIpc) is 3.02. The van der Waals surface area contributed by atoms with Gasteiger partial charge in [-0.3, -0.25) is 9.59 Å². The van der Waals surface area contributed by atoms with E-state index in [0.717, 1.165) is 19.3 Å². The molecule has 0 heterocycles. The van der Waals surface area contributed by atoms with Crippen LogP contribution in [0.4, 0.5) is 0 Å². The van der Waals surface area contributed by atoms with Crippen molar-refractivity contribution in [3.8, 4) is 0 Å². The van der Waals surface area contributed by atoms with Crippen LogP contribution in [0.5, 0.6) is 0 Å². The van der Waals surface area contributed by atoms with E-state index < -0.39 is 23.3 Å². The molecule has 4 heteroatoms. The van der Waals surface area contributed by atoms with Crippen molar-refractivity contribution in [2.45, 2.75) is 80.1 Å². The fraction of sp³-hybridized carbons (Fsp3) is 0.778. The summed E-state index contributed by atoms with van der Waals surface area (Å²) in [5.41, 5.74) is 0.886. The molecule has 3 aliphatic rings. The van der Waals surface area contributed by atoms with Gasteiger partial charge in [0.25, 0.3) is 0 Å². The lowest BCUT2D eigenvalue weighted by molar-refractivity contribution is -0.153. The second-order valence-corrected chi connectivity index (χ2v) is 11.6. The zero-order valence-electron chi connectivity index (χ0n) is 20.2. The first kappa shape index (κ1) is 24.1. The van der Waals surface area contributed by atoms with Gasteiger partial charge in [-0.15, -0.1) is 0 Å². The quantitative estimate of drug-likeness (QED) is 0.457. The number of hydrogen-bond acceptors (Lipinski definition) is 2. The molecule has 0 unspecified atom stereocenters. The predicted octanol–water partition coefficient (Wildman–Crippen LogP) is 6.43. The molecule has 3 aliphatic carbocycles. The minimum Gasteiger partial charge on any atom is -0.481 e. The SMILES string of the molecule is CC(C)[C@@H](C)/C=C/[C@@H](C)[C@@H]1CC[C@@H]2C3=CC[C@H](C(=O)O)[C@](C)(CC(=O)O)[C@@H]3CC[C@]21C. The fourth-order valence-electron chi connectivity index (χ4n) is 7.32. The molecule has 2 fully saturated rings. The first-order chi connectivity index (χ1) is 14.4. The topological polar surface area (TPSA) is 74.6 Å². The maximum atomic E-state index is 12.0. The van der Waals surface area contributed by atoms with Crippen molar-refractivity contribution in [3.63, 3.8) is 0 Å². The van der Waals surface area contributed by atoms with Crippen LogP contribution in [-0.4, -0.2) is 22.2 Å². The lowest BCUT2D eigenvalue weighted by atomic mass is 9.49. The van der Waals surface area contributed by atoms with Gasteiger partial charge in [-0.2, -0.15) is 0 Å². The fourth-order valence-corrected chi connectivity index (χ4v) is 7.32. The molecule has 2 N–H and O–H groups in total. The first-order valence-corrected chi connectivity index (χ1v) is 12.2. The Morgan fingerprint density at radius 3 is 2.32 bits per heavy atom. The number of allylic oxidation sites excluding steroid dienone is 4. The van der Waals surface area contributed by atoms with E-state index in [1.54, 1.807) is 0 Å². The number of rotatable bonds is 7. The second kappa shape index (κ2) is 8.75. The Labute approximate surface area is 188 Å². The molecule has 2 saturated carbocycles. The maximum Gasteiger partial charge on any atom is 0.307 e. The summed E-state index contributed by atoms with van der Waals surface area (Å²) in [5.74, 6) is 0.548. The molecule has 0 aliphatic heterocycles. The molecule has 31 heavy (non-hydrogen) atoms. The Bertz CT molecular complexity index is 765. The van der Waals surface area contributed by atoms with Gasteiger partial charge in [0.2, 0.25) is 0 Å². The van der Waals surface area contributed by atoms with Crippen molar-refractivity contribution in [1.29, 1.82) is 0 Å². The number of fused-ring (bicyclic) bond motifs is 3. The van der Waals surface area contributed by atoms with Crippen LogP contribution in [0, 0.1) is 52.3 Å². The van der Waals surface area contributed by atoms with Crippen molar-refractivity contribution >= 4 is 11.9 Å². The van der Waals surface area contributed by atoms with Crippen molar-refractivity contribution in [1.82, 2.24) is 0 Å². The van der Waals surface area contributed by atoms with E-state index in [-0.39, 0.29) is 17.8 Å². The Morgan fingerprint density at radius 2 is 1.74 bits per heavy atom. The van der Waals surface area contributed by atoms with Gasteiger partial charge in [-0.1, -0.05) is 65.3 Å². The van der Waals surface area contributed by atoms with Crippen LogP contribution in [0.3, 0.4) is 0 Å². The molecule has 0 saturated heterocycles. The number of aliphatic carboxylic acids is 2. The third-order valence-corrected chi connectivity index (χ3v) is 9.60. The van der Waals surface area contributed by atoms with Gasteiger partial charge < -0.3 is 10.2 Å². The average molecular weight is 431 g/mol. The highest BCUT2D eigenvalue weighted by molar-refractivity contribution is 5.75. The predicted molar refractivity (Wildman–Crippen MR) is 124 cm³/mol. The van der Waals surface area contributed by atoms with Crippen molar-refractivity contribution in [2.24, 2.45) is 52.3 Å². The van der Waals surface area contributed by atoms with Crippen molar-refractivity contribution in [3.05, 3.63) is 23.8 Å². The summed E-state index contributed by atoms with van der Waals surface area (Å²) >= 11 is 0. The lowest BCUT2D eigenvalue weighted by Gasteiger charge is -2.54. The van der Waals surface area contributed by atoms with Crippen LogP contribution in [0.25, 0.3) is 0 Å². The second-order valence-electron chi connectivity index (χ2n) is 11.6. The Balaban J connectivity index is 1.87. The van der Waals surface area contributed by atoms with E-state index in [1.807, 2.05) is 6.92 Å². The normalized spacial score (nSPS) is 39.6. The van der Waals surface area contributed by atoms with E-state index >= 15 is 0 Å². The van der Waals surface area contributed by atoms with Crippen LogP contribution in [-0.2, 0) is 9.59 Å². The summed E-state index contributed by atoms with van der Waals surface area (Å²) in [5, 5.41) is 19.4. The molecular formula is C27H42O4. The third-order valence-electron chi connectivity index (χ3n) is 9.60. The van der Waals surface area contributed by atoms with E-state index in [9.17, 15) is 19.8 Å². The summed E-state index contributed by atoms with van der Waals surface area (Å²) in [6.07, 6.45) is 11.7. The molecule has 174 valence electrons. The van der Waals surface area contributed by atoms with Crippen LogP contribution in [0.1, 0.15) is 80.1 Å². The molecule has 4 nitrogen and oxygen atoms in total. The summed E-state index contributed by atoms with van der Waals surface area (Å²) in [7, 11) is 0. The number of carboxylic acid groups (broad SMARTS) is 2. The van der Waals surface area contributed by atoms with E-state index in [0.29, 0.717) is 36.0 Å². The summed E-state index contributed by atoms with van der Waals surface area (Å²) in [6.45, 7) is 13.5. The van der Waals surface area contributed by atoms with Crippen molar-refractivity contribution in [2.75, 3.05) is 0 Å². The number of carboxylic acids is 2. The van der Waals surface area contributed by atoms with E-state index in [2.05, 4.69) is 52.8 Å². The van der Waals surface area contributed by atoms with Crippen molar-refractivity contribution < 1.29 is 19.8 Å². The minimum atomic E-state index is -0.884. The van der Waals surface area contributed by atoms with Gasteiger partial charge in [0, 0.05) is 0 Å². The van der Waals surface area contributed by atoms with Crippen LogP contribution >= 0.6 is 0 Å². The zero-order chi connectivity index (χ0) is 23.1. The largest absolute Gasteiger partial charge is 0.481 e. The Morgan fingerprint density at radius 1 is 1.06 bits per heavy atom. The molecule has 0 aromatic carbocycles. The van der Waals surface area contributed by atoms with Gasteiger partial charge in [-0.05, 0) is 78.4 Å². The highest BCUT2D eigenvalue weighted by Gasteiger charge is 2.58. The van der Waals surface area contributed by atoms with E-state index in [4.69, 9.17) is 0 Å². The van der Waals surface area contributed by atoms with Gasteiger partial charge in [-0.25, -0.2) is 0 Å². The summed E-state index contributed by atoms with van der Waals surface area (Å²) < 4.78 is 0. The molecule has 0 radical (unpaired) electrons. The van der Waals surface area contributed by atoms with E-state index in [1.165, 1.54) is 12.0 Å².